The summed E-state index contributed by atoms with van der Waals surface area (Å²) in [5, 5.41) is 6.73. The van der Waals surface area contributed by atoms with Gasteiger partial charge in [-0.3, -0.25) is 9.59 Å². The smallest absolute Gasteiger partial charge is 0.261 e. The molecule has 1 aromatic carbocycles. The molecule has 0 saturated heterocycles. The first-order chi connectivity index (χ1) is 14.5. The highest BCUT2D eigenvalue weighted by Gasteiger charge is 2.28. The van der Waals surface area contributed by atoms with E-state index in [4.69, 9.17) is 9.72 Å². The van der Waals surface area contributed by atoms with Crippen molar-refractivity contribution in [1.82, 2.24) is 15.3 Å². The molecule has 0 radical (unpaired) electrons. The van der Waals surface area contributed by atoms with Crippen molar-refractivity contribution in [1.29, 1.82) is 0 Å². The van der Waals surface area contributed by atoms with E-state index in [2.05, 4.69) is 15.6 Å². The molecule has 8 heteroatoms. The zero-order chi connectivity index (χ0) is 21.3. The lowest BCUT2D eigenvalue weighted by Crippen LogP contribution is -2.22. The number of anilines is 1. The summed E-state index contributed by atoms with van der Waals surface area (Å²) in [4.78, 5) is 35.5. The van der Waals surface area contributed by atoms with Crippen LogP contribution in [0.1, 0.15) is 51.1 Å². The minimum Gasteiger partial charge on any atom is -0.375 e. The van der Waals surface area contributed by atoms with Gasteiger partial charge in [-0.05, 0) is 49.9 Å². The summed E-state index contributed by atoms with van der Waals surface area (Å²) in [5.74, 6) is 1.03. The lowest BCUT2D eigenvalue weighted by molar-refractivity contribution is -0.119. The Hall–Kier alpha value is -2.84. The zero-order valence-corrected chi connectivity index (χ0v) is 18.1. The van der Waals surface area contributed by atoms with Crippen molar-refractivity contribution in [3.8, 4) is 0 Å². The van der Waals surface area contributed by atoms with Crippen LogP contribution in [0, 0.1) is 13.8 Å². The molecule has 2 heterocycles. The van der Waals surface area contributed by atoms with Crippen LogP contribution in [0.5, 0.6) is 0 Å². The van der Waals surface area contributed by atoms with E-state index in [0.717, 1.165) is 45.7 Å². The maximum Gasteiger partial charge on any atom is 0.261 e. The van der Waals surface area contributed by atoms with Gasteiger partial charge in [0.05, 0.1) is 10.6 Å². The molecule has 1 saturated carbocycles. The molecule has 30 heavy (non-hydrogen) atoms. The summed E-state index contributed by atoms with van der Waals surface area (Å²) in [6.07, 6.45) is 2.29. The molecule has 156 valence electrons. The number of carbonyl (C=O) groups excluding carboxylic acids is 2. The Morgan fingerprint density at radius 3 is 2.77 bits per heavy atom. The van der Waals surface area contributed by atoms with Crippen LogP contribution < -0.4 is 10.6 Å². The second kappa shape index (κ2) is 8.49. The van der Waals surface area contributed by atoms with Gasteiger partial charge >= 0.3 is 0 Å². The summed E-state index contributed by atoms with van der Waals surface area (Å²) in [6, 6.07) is 7.38. The number of rotatable bonds is 7. The molecule has 0 unspecified atom stereocenters. The first-order valence-corrected chi connectivity index (χ1v) is 10.7. The minimum atomic E-state index is -0.221. The van der Waals surface area contributed by atoms with E-state index in [9.17, 15) is 9.59 Å². The lowest BCUT2D eigenvalue weighted by atomic mass is 10.1. The highest BCUT2D eigenvalue weighted by molar-refractivity contribution is 7.20. The molecule has 1 fully saturated rings. The van der Waals surface area contributed by atoms with Crippen LogP contribution in [0.3, 0.4) is 0 Å². The van der Waals surface area contributed by atoms with Gasteiger partial charge in [-0.2, -0.15) is 0 Å². The number of aromatic nitrogens is 2. The third kappa shape index (κ3) is 4.34. The summed E-state index contributed by atoms with van der Waals surface area (Å²) in [6.45, 7) is 4.29. The van der Waals surface area contributed by atoms with E-state index >= 15 is 0 Å². The van der Waals surface area contributed by atoms with Crippen LogP contribution in [0.2, 0.25) is 0 Å². The van der Waals surface area contributed by atoms with Gasteiger partial charge in [-0.1, -0.05) is 12.1 Å². The quantitative estimate of drug-likeness (QED) is 0.603. The van der Waals surface area contributed by atoms with E-state index in [0.29, 0.717) is 23.0 Å². The van der Waals surface area contributed by atoms with E-state index in [1.807, 2.05) is 32.0 Å². The molecule has 3 aromatic rings. The van der Waals surface area contributed by atoms with Crippen molar-refractivity contribution in [3.05, 3.63) is 51.8 Å². The second-order valence-corrected chi connectivity index (χ2v) is 8.54. The Morgan fingerprint density at radius 2 is 2.03 bits per heavy atom. The Labute approximate surface area is 178 Å². The number of carbonyl (C=O) groups is 2. The van der Waals surface area contributed by atoms with Gasteiger partial charge in [0.25, 0.3) is 5.91 Å². The molecular weight excluding hydrogens is 400 g/mol. The van der Waals surface area contributed by atoms with E-state index in [1.54, 1.807) is 6.07 Å². The fraction of sp³-hybridized carbons (Fsp3) is 0.364. The highest BCUT2D eigenvalue weighted by Crippen LogP contribution is 2.40. The van der Waals surface area contributed by atoms with E-state index in [1.165, 1.54) is 18.4 Å². The van der Waals surface area contributed by atoms with Crippen LogP contribution in [0.4, 0.5) is 5.69 Å². The summed E-state index contributed by atoms with van der Waals surface area (Å²) < 4.78 is 4.82. The van der Waals surface area contributed by atoms with Crippen molar-refractivity contribution in [3.63, 3.8) is 0 Å². The maximum atomic E-state index is 12.9. The molecule has 0 aliphatic heterocycles. The van der Waals surface area contributed by atoms with Gasteiger partial charge in [-0.25, -0.2) is 9.97 Å². The zero-order valence-electron chi connectivity index (χ0n) is 17.2. The van der Waals surface area contributed by atoms with Gasteiger partial charge in [-0.15, -0.1) is 11.3 Å². The van der Waals surface area contributed by atoms with Crippen molar-refractivity contribution in [2.24, 2.45) is 0 Å². The van der Waals surface area contributed by atoms with Crippen LogP contribution >= 0.6 is 11.3 Å². The van der Waals surface area contributed by atoms with Crippen molar-refractivity contribution in [2.45, 2.75) is 39.2 Å². The Morgan fingerprint density at radius 1 is 1.23 bits per heavy atom. The summed E-state index contributed by atoms with van der Waals surface area (Å²) in [7, 11) is 1.47. The molecule has 4 rings (SSSR count). The van der Waals surface area contributed by atoms with Gasteiger partial charge in [0.15, 0.2) is 0 Å². The van der Waals surface area contributed by atoms with Crippen LogP contribution in [-0.2, 0) is 16.1 Å². The van der Waals surface area contributed by atoms with Crippen molar-refractivity contribution >= 4 is 39.1 Å². The number of nitrogens with zero attached hydrogens (tertiary/aromatic N) is 2. The second-order valence-electron chi connectivity index (χ2n) is 7.54. The molecule has 2 N–H and O–H groups in total. The number of methoxy groups -OCH3 is 1. The Bertz CT molecular complexity index is 1120. The fourth-order valence-corrected chi connectivity index (χ4v) is 4.61. The maximum absolute atomic E-state index is 12.9. The van der Waals surface area contributed by atoms with Gasteiger partial charge in [0.2, 0.25) is 5.91 Å². The van der Waals surface area contributed by atoms with Crippen LogP contribution in [0.25, 0.3) is 10.2 Å². The first kappa shape index (κ1) is 20.4. The van der Waals surface area contributed by atoms with Crippen molar-refractivity contribution in [2.75, 3.05) is 19.0 Å². The van der Waals surface area contributed by atoms with E-state index in [-0.39, 0.29) is 18.4 Å². The number of nitrogens with one attached hydrogen (secondary N) is 2. The number of amides is 2. The normalized spacial score (nSPS) is 13.4. The summed E-state index contributed by atoms with van der Waals surface area (Å²) >= 11 is 1.42. The molecule has 1 aliphatic rings. The number of hydrogen-bond acceptors (Lipinski definition) is 6. The predicted molar refractivity (Wildman–Crippen MR) is 117 cm³/mol. The summed E-state index contributed by atoms with van der Waals surface area (Å²) in [5.41, 5.74) is 3.42. The van der Waals surface area contributed by atoms with Crippen molar-refractivity contribution < 1.29 is 14.3 Å². The predicted octanol–water partition coefficient (Wildman–Crippen LogP) is 3.70. The third-order valence-corrected chi connectivity index (χ3v) is 6.26. The first-order valence-electron chi connectivity index (χ1n) is 9.90. The molecule has 2 amide bonds. The van der Waals surface area contributed by atoms with Crippen LogP contribution in [-0.4, -0.2) is 35.5 Å². The van der Waals surface area contributed by atoms with Crippen LogP contribution in [0.15, 0.2) is 24.3 Å². The molecule has 1 aliphatic carbocycles. The standard InChI is InChI=1S/C22H24N4O3S/c1-12-18-13(2)24-20(15-7-8-15)26-22(18)30-19(12)21(28)23-10-14-5-4-6-16(9-14)25-17(27)11-29-3/h4-6,9,15H,7-8,10-11H2,1-3H3,(H,23,28)(H,25,27). The monoisotopic (exact) mass is 424 g/mol. The minimum absolute atomic E-state index is 0.00303. The molecule has 0 bridgehead atoms. The SMILES string of the molecule is COCC(=O)Nc1cccc(CNC(=O)c2sc3nc(C4CC4)nc(C)c3c2C)c1. The third-order valence-electron chi connectivity index (χ3n) is 5.08. The van der Waals surface area contributed by atoms with E-state index < -0.39 is 0 Å². The highest BCUT2D eigenvalue weighted by atomic mass is 32.1. The Balaban J connectivity index is 1.48. The van der Waals surface area contributed by atoms with Gasteiger partial charge < -0.3 is 15.4 Å². The largest absolute Gasteiger partial charge is 0.375 e. The fourth-order valence-electron chi connectivity index (χ4n) is 3.45. The number of ether oxygens (including phenoxy) is 1. The topological polar surface area (TPSA) is 93.2 Å². The lowest BCUT2D eigenvalue weighted by Gasteiger charge is -2.08. The molecule has 0 atom stereocenters. The average Bonchev–Trinajstić information content (AvgIpc) is 3.50. The van der Waals surface area contributed by atoms with Gasteiger partial charge in [0.1, 0.15) is 17.3 Å². The number of benzene rings is 1. The molecule has 7 nitrogen and oxygen atoms in total. The molecule has 0 spiro atoms. The Kier molecular flexibility index (Phi) is 5.78. The number of thiophene rings is 1. The number of aryl methyl sites for hydroxylation is 2. The molecular formula is C22H24N4O3S. The van der Waals surface area contributed by atoms with Gasteiger partial charge in [0, 0.05) is 30.6 Å². The number of hydrogen-bond donors (Lipinski definition) is 2. The molecule has 2 aromatic heterocycles. The number of fused-ring (bicyclic) bond motifs is 1. The average molecular weight is 425 g/mol.